The summed E-state index contributed by atoms with van der Waals surface area (Å²) in [4.78, 5) is 38.1. The Bertz CT molecular complexity index is 976. The summed E-state index contributed by atoms with van der Waals surface area (Å²) in [7, 11) is 0. The quantitative estimate of drug-likeness (QED) is 0.0344. The average Bonchev–Trinajstić information content (AvgIpc) is 3.24. The van der Waals surface area contributed by atoms with Crippen molar-refractivity contribution in [2.45, 2.75) is 317 Å². The van der Waals surface area contributed by atoms with Crippen LogP contribution < -0.4 is 0 Å². The number of hydrogen-bond acceptors (Lipinski definition) is 6. The third kappa shape index (κ3) is 51.3. The molecular weight excluding hydrogens is 781 g/mol. The van der Waals surface area contributed by atoms with Crippen molar-refractivity contribution in [2.75, 3.05) is 13.2 Å². The Morgan fingerprint density at radius 2 is 0.460 bits per heavy atom. The Morgan fingerprint density at radius 1 is 0.270 bits per heavy atom. The highest BCUT2D eigenvalue weighted by molar-refractivity contribution is 5.71. The van der Waals surface area contributed by atoms with Crippen molar-refractivity contribution in [3.05, 3.63) is 0 Å². The molecule has 0 bridgehead atoms. The first-order chi connectivity index (χ1) is 30.6. The van der Waals surface area contributed by atoms with Crippen molar-refractivity contribution in [3.8, 4) is 0 Å². The second kappa shape index (κ2) is 48.3. The Kier molecular flexibility index (Phi) is 47.1. The molecule has 0 fully saturated rings. The zero-order valence-corrected chi connectivity index (χ0v) is 43.4. The summed E-state index contributed by atoms with van der Waals surface area (Å²) >= 11 is 0. The van der Waals surface area contributed by atoms with Crippen LogP contribution in [0.25, 0.3) is 0 Å². The number of ether oxygens (including phenoxy) is 3. The summed E-state index contributed by atoms with van der Waals surface area (Å²) in [6, 6.07) is 0. The lowest BCUT2D eigenvalue weighted by molar-refractivity contribution is -0.167. The van der Waals surface area contributed by atoms with E-state index < -0.39 is 6.10 Å². The number of hydrogen-bond donors (Lipinski definition) is 0. The lowest BCUT2D eigenvalue weighted by Gasteiger charge is -2.18. The lowest BCUT2D eigenvalue weighted by atomic mass is 10.0. The molecule has 0 aliphatic carbocycles. The summed E-state index contributed by atoms with van der Waals surface area (Å²) in [6.07, 6.45) is 49.6. The fraction of sp³-hybridized carbons (Fsp3) is 0.947. The van der Waals surface area contributed by atoms with E-state index in [0.717, 1.165) is 75.5 Å². The van der Waals surface area contributed by atoms with Gasteiger partial charge in [-0.15, -0.1) is 0 Å². The number of carbonyl (C=O) groups excluding carboxylic acids is 3. The van der Waals surface area contributed by atoms with Crippen molar-refractivity contribution in [2.24, 2.45) is 17.8 Å². The Morgan fingerprint density at radius 3 is 0.683 bits per heavy atom. The smallest absolute Gasteiger partial charge is 0.306 e. The summed E-state index contributed by atoms with van der Waals surface area (Å²) in [6.45, 7) is 13.7. The summed E-state index contributed by atoms with van der Waals surface area (Å²) in [5, 5.41) is 0. The van der Waals surface area contributed by atoms with Crippen molar-refractivity contribution in [1.82, 2.24) is 0 Å². The first-order valence-electron chi connectivity index (χ1n) is 28.1. The van der Waals surface area contributed by atoms with Crippen molar-refractivity contribution >= 4 is 17.9 Å². The van der Waals surface area contributed by atoms with E-state index >= 15 is 0 Å². The lowest BCUT2D eigenvalue weighted by Crippen LogP contribution is -2.30. The predicted molar refractivity (Wildman–Crippen MR) is 270 cm³/mol. The van der Waals surface area contributed by atoms with Crippen LogP contribution in [-0.2, 0) is 28.6 Å². The van der Waals surface area contributed by atoms with Gasteiger partial charge < -0.3 is 14.2 Å². The third-order valence-corrected chi connectivity index (χ3v) is 12.9. The Hall–Kier alpha value is -1.59. The SMILES string of the molecule is CC(C)CCCCCCCCCCCCCCCCCC(=O)OC[C@@H](COC(=O)CCCCCCCCCCC(C)C)OC(=O)CCCCCCCCCCCCCCCC(C)C. The molecule has 6 nitrogen and oxygen atoms in total. The van der Waals surface area contributed by atoms with Crippen LogP contribution in [0.4, 0.5) is 0 Å². The monoisotopic (exact) mass is 891 g/mol. The molecule has 0 aliphatic heterocycles. The minimum atomic E-state index is -0.763. The van der Waals surface area contributed by atoms with E-state index in [1.807, 2.05) is 0 Å². The second-order valence-electron chi connectivity index (χ2n) is 21.0. The Balaban J connectivity index is 4.27. The van der Waals surface area contributed by atoms with Gasteiger partial charge in [-0.2, -0.15) is 0 Å². The first kappa shape index (κ1) is 61.4. The summed E-state index contributed by atoms with van der Waals surface area (Å²) < 4.78 is 16.9. The number of carbonyl (C=O) groups is 3. The standard InChI is InChI=1S/C57H110O6/c1-51(2)43-37-31-25-19-15-11-8-7-9-13-17-21-28-34-40-46-55(58)61-49-54(50-62-56(59)47-41-35-29-24-23-27-33-39-45-53(5)6)63-57(60)48-42-36-30-22-18-14-10-12-16-20-26-32-38-44-52(3)4/h51-54H,7-50H2,1-6H3/t54-/m0/s1. The molecule has 0 spiro atoms. The average molecular weight is 892 g/mol. The highest BCUT2D eigenvalue weighted by atomic mass is 16.6. The molecule has 374 valence electrons. The van der Waals surface area contributed by atoms with E-state index in [4.69, 9.17) is 14.2 Å². The molecular formula is C57H110O6. The molecule has 0 unspecified atom stereocenters. The van der Waals surface area contributed by atoms with Crippen molar-refractivity contribution < 1.29 is 28.6 Å². The molecule has 6 heteroatoms. The van der Waals surface area contributed by atoms with Crippen LogP contribution in [0.3, 0.4) is 0 Å². The van der Waals surface area contributed by atoms with Gasteiger partial charge in [0.15, 0.2) is 6.10 Å². The van der Waals surface area contributed by atoms with Crippen LogP contribution >= 0.6 is 0 Å². The molecule has 0 aromatic heterocycles. The van der Waals surface area contributed by atoms with E-state index in [0.29, 0.717) is 19.3 Å². The molecule has 0 saturated heterocycles. The van der Waals surface area contributed by atoms with Gasteiger partial charge in [-0.25, -0.2) is 0 Å². The minimum Gasteiger partial charge on any atom is -0.462 e. The molecule has 0 saturated carbocycles. The molecule has 0 radical (unpaired) electrons. The van der Waals surface area contributed by atoms with Crippen LogP contribution in [0.15, 0.2) is 0 Å². The van der Waals surface area contributed by atoms with E-state index in [-0.39, 0.29) is 31.1 Å². The zero-order chi connectivity index (χ0) is 46.3. The number of esters is 3. The number of rotatable bonds is 50. The molecule has 0 amide bonds. The summed E-state index contributed by atoms with van der Waals surface area (Å²) in [5.41, 5.74) is 0. The fourth-order valence-electron chi connectivity index (χ4n) is 8.65. The van der Waals surface area contributed by atoms with E-state index in [1.165, 1.54) is 193 Å². The fourth-order valence-corrected chi connectivity index (χ4v) is 8.65. The van der Waals surface area contributed by atoms with Crippen molar-refractivity contribution in [3.63, 3.8) is 0 Å². The Labute approximate surface area is 393 Å². The molecule has 1 atom stereocenters. The van der Waals surface area contributed by atoms with Gasteiger partial charge in [0.1, 0.15) is 13.2 Å². The van der Waals surface area contributed by atoms with Gasteiger partial charge in [-0.3, -0.25) is 14.4 Å². The molecule has 0 aromatic rings. The van der Waals surface area contributed by atoms with Crippen LogP contribution in [0, 0.1) is 17.8 Å². The zero-order valence-electron chi connectivity index (χ0n) is 43.4. The van der Waals surface area contributed by atoms with Gasteiger partial charge in [-0.05, 0) is 37.0 Å². The third-order valence-electron chi connectivity index (χ3n) is 12.9. The second-order valence-corrected chi connectivity index (χ2v) is 21.0. The molecule has 0 aliphatic rings. The largest absolute Gasteiger partial charge is 0.462 e. The maximum Gasteiger partial charge on any atom is 0.306 e. The molecule has 0 rings (SSSR count). The highest BCUT2D eigenvalue weighted by Crippen LogP contribution is 2.18. The van der Waals surface area contributed by atoms with Crippen LogP contribution in [-0.4, -0.2) is 37.2 Å². The van der Waals surface area contributed by atoms with Gasteiger partial charge in [0.25, 0.3) is 0 Å². The maximum atomic E-state index is 12.8. The summed E-state index contributed by atoms with van der Waals surface area (Å²) in [5.74, 6) is 1.64. The van der Waals surface area contributed by atoms with Crippen LogP contribution in [0.5, 0.6) is 0 Å². The molecule has 63 heavy (non-hydrogen) atoms. The normalized spacial score (nSPS) is 12.1. The van der Waals surface area contributed by atoms with Crippen LogP contribution in [0.2, 0.25) is 0 Å². The predicted octanol–water partition coefficient (Wildman–Crippen LogP) is 18.3. The molecule has 0 heterocycles. The van der Waals surface area contributed by atoms with Crippen molar-refractivity contribution in [1.29, 1.82) is 0 Å². The molecule has 0 N–H and O–H groups in total. The topological polar surface area (TPSA) is 78.9 Å². The van der Waals surface area contributed by atoms with E-state index in [9.17, 15) is 14.4 Å². The van der Waals surface area contributed by atoms with Gasteiger partial charge in [0, 0.05) is 19.3 Å². The minimum absolute atomic E-state index is 0.0640. The first-order valence-corrected chi connectivity index (χ1v) is 28.1. The van der Waals surface area contributed by atoms with Crippen LogP contribution in [0.1, 0.15) is 311 Å². The molecule has 0 aromatic carbocycles. The van der Waals surface area contributed by atoms with E-state index in [1.54, 1.807) is 0 Å². The van der Waals surface area contributed by atoms with Gasteiger partial charge in [0.2, 0.25) is 0 Å². The maximum absolute atomic E-state index is 12.8. The van der Waals surface area contributed by atoms with Gasteiger partial charge >= 0.3 is 17.9 Å². The number of unbranched alkanes of at least 4 members (excludes halogenated alkanes) is 33. The van der Waals surface area contributed by atoms with E-state index in [2.05, 4.69) is 41.5 Å². The van der Waals surface area contributed by atoms with Gasteiger partial charge in [0.05, 0.1) is 0 Å². The van der Waals surface area contributed by atoms with Gasteiger partial charge in [-0.1, -0.05) is 273 Å². The highest BCUT2D eigenvalue weighted by Gasteiger charge is 2.19.